The monoisotopic (exact) mass is 379 g/mol. The van der Waals surface area contributed by atoms with Gasteiger partial charge in [0, 0.05) is 12.6 Å². The summed E-state index contributed by atoms with van der Waals surface area (Å²) in [4.78, 5) is 2.26. The van der Waals surface area contributed by atoms with Crippen LogP contribution in [0.1, 0.15) is 48.0 Å². The van der Waals surface area contributed by atoms with Crippen molar-refractivity contribution in [1.29, 1.82) is 0 Å². The molecule has 7 nitrogen and oxygen atoms in total. The van der Waals surface area contributed by atoms with Gasteiger partial charge in [-0.3, -0.25) is 9.30 Å². The van der Waals surface area contributed by atoms with Gasteiger partial charge in [-0.05, 0) is 43.1 Å². The minimum Gasteiger partial charge on any atom is -0.484 e. The standard InChI is InChI=1S/C21H25N5O2/c1-25-10-11-27-13-18(25)21-24-23-20-9-6-14(12-26(20)21)28-19-8-7-17(22)15-4-2-3-5-16(15)19/h2-6,9,12,17-19H,7-8,10-11,13,22H2,1H3/t17-,18?,19+/m0/s1. The Hall–Kier alpha value is -2.48. The summed E-state index contributed by atoms with van der Waals surface area (Å²) in [5.41, 5.74) is 9.47. The van der Waals surface area contributed by atoms with Crippen LogP contribution in [0.3, 0.4) is 0 Å². The van der Waals surface area contributed by atoms with Gasteiger partial charge in [-0.1, -0.05) is 24.3 Å². The van der Waals surface area contributed by atoms with Gasteiger partial charge in [-0.2, -0.15) is 0 Å². The first-order chi connectivity index (χ1) is 13.7. The van der Waals surface area contributed by atoms with Crippen molar-refractivity contribution in [2.75, 3.05) is 26.8 Å². The highest BCUT2D eigenvalue weighted by Gasteiger charge is 2.28. The zero-order chi connectivity index (χ0) is 19.1. The van der Waals surface area contributed by atoms with Crippen LogP contribution in [-0.4, -0.2) is 46.3 Å². The molecule has 1 aliphatic carbocycles. The number of pyridine rings is 1. The predicted molar refractivity (Wildman–Crippen MR) is 105 cm³/mol. The predicted octanol–water partition coefficient (Wildman–Crippen LogP) is 2.65. The lowest BCUT2D eigenvalue weighted by molar-refractivity contribution is 0.00144. The summed E-state index contributed by atoms with van der Waals surface area (Å²) in [6.07, 6.45) is 3.83. The second-order valence-electron chi connectivity index (χ2n) is 7.64. The van der Waals surface area contributed by atoms with Gasteiger partial charge in [0.2, 0.25) is 0 Å². The molecular formula is C21H25N5O2. The maximum Gasteiger partial charge on any atom is 0.161 e. The minimum absolute atomic E-state index is 0.00840. The summed E-state index contributed by atoms with van der Waals surface area (Å²) in [5, 5.41) is 8.74. The molecule has 3 aromatic rings. The number of rotatable bonds is 3. The molecular weight excluding hydrogens is 354 g/mol. The number of nitrogens with two attached hydrogens (primary N) is 1. The number of ether oxygens (including phenoxy) is 2. The van der Waals surface area contributed by atoms with E-state index in [0.29, 0.717) is 6.61 Å². The highest BCUT2D eigenvalue weighted by molar-refractivity contribution is 5.42. The maximum absolute atomic E-state index is 6.40. The van der Waals surface area contributed by atoms with Crippen LogP contribution >= 0.6 is 0 Å². The second kappa shape index (κ2) is 7.16. The molecule has 146 valence electrons. The molecule has 1 fully saturated rings. The van der Waals surface area contributed by atoms with E-state index < -0.39 is 0 Å². The van der Waals surface area contributed by atoms with Crippen LogP contribution in [0, 0.1) is 0 Å². The smallest absolute Gasteiger partial charge is 0.161 e. The number of fused-ring (bicyclic) bond motifs is 2. The number of nitrogens with zero attached hydrogens (tertiary/aromatic N) is 4. The third kappa shape index (κ3) is 3.05. The van der Waals surface area contributed by atoms with Gasteiger partial charge in [0.05, 0.1) is 25.5 Å². The first-order valence-corrected chi connectivity index (χ1v) is 9.84. The summed E-state index contributed by atoms with van der Waals surface area (Å²) >= 11 is 0. The first-order valence-electron chi connectivity index (χ1n) is 9.84. The van der Waals surface area contributed by atoms with Gasteiger partial charge in [-0.15, -0.1) is 10.2 Å². The highest BCUT2D eigenvalue weighted by Crippen LogP contribution is 2.37. The summed E-state index contributed by atoms with van der Waals surface area (Å²) < 4.78 is 14.1. The fourth-order valence-electron chi connectivity index (χ4n) is 4.21. The van der Waals surface area contributed by atoms with Gasteiger partial charge in [0.25, 0.3) is 0 Å². The lowest BCUT2D eigenvalue weighted by Gasteiger charge is -2.31. The summed E-state index contributed by atoms with van der Waals surface area (Å²) in [7, 11) is 2.09. The van der Waals surface area contributed by atoms with Crippen LogP contribution in [0.25, 0.3) is 5.65 Å². The zero-order valence-corrected chi connectivity index (χ0v) is 16.0. The first kappa shape index (κ1) is 17.6. The van der Waals surface area contributed by atoms with Gasteiger partial charge in [0.15, 0.2) is 11.5 Å². The largest absolute Gasteiger partial charge is 0.484 e. The van der Waals surface area contributed by atoms with Crippen molar-refractivity contribution in [3.05, 3.63) is 59.5 Å². The molecule has 3 atom stereocenters. The molecule has 28 heavy (non-hydrogen) atoms. The van der Waals surface area contributed by atoms with Gasteiger partial charge >= 0.3 is 0 Å². The van der Waals surface area contributed by atoms with Crippen molar-refractivity contribution in [3.8, 4) is 5.75 Å². The molecule has 2 aromatic heterocycles. The number of hydrogen-bond acceptors (Lipinski definition) is 6. The molecule has 1 saturated heterocycles. The third-order valence-corrected chi connectivity index (χ3v) is 5.86. The Morgan fingerprint density at radius 2 is 1.96 bits per heavy atom. The number of aromatic nitrogens is 3. The fraction of sp³-hybridized carbons (Fsp3) is 0.429. The van der Waals surface area contributed by atoms with E-state index in [2.05, 4.69) is 34.3 Å². The van der Waals surface area contributed by atoms with Crippen LogP contribution < -0.4 is 10.5 Å². The van der Waals surface area contributed by atoms with E-state index in [1.54, 1.807) is 0 Å². The summed E-state index contributed by atoms with van der Waals surface area (Å²) in [5.74, 6) is 1.69. The Morgan fingerprint density at radius 3 is 2.82 bits per heavy atom. The van der Waals surface area contributed by atoms with E-state index in [1.165, 1.54) is 11.1 Å². The van der Waals surface area contributed by atoms with Crippen LogP contribution in [0.4, 0.5) is 0 Å². The van der Waals surface area contributed by atoms with Crippen molar-refractivity contribution in [2.24, 2.45) is 5.73 Å². The van der Waals surface area contributed by atoms with Crippen LogP contribution in [0.2, 0.25) is 0 Å². The van der Waals surface area contributed by atoms with Gasteiger partial charge < -0.3 is 15.2 Å². The van der Waals surface area contributed by atoms with Crippen LogP contribution in [-0.2, 0) is 4.74 Å². The van der Waals surface area contributed by atoms with E-state index in [0.717, 1.165) is 43.2 Å². The van der Waals surface area contributed by atoms with Crippen molar-refractivity contribution in [3.63, 3.8) is 0 Å². The SMILES string of the molecule is CN1CCOCC1c1nnc2ccc(O[C@@H]3CC[C@H](N)c4ccccc43)cn12. The Bertz CT molecular complexity index is 988. The third-order valence-electron chi connectivity index (χ3n) is 5.86. The van der Waals surface area contributed by atoms with Gasteiger partial charge in [0.1, 0.15) is 11.9 Å². The Morgan fingerprint density at radius 1 is 1.11 bits per heavy atom. The van der Waals surface area contributed by atoms with E-state index >= 15 is 0 Å². The summed E-state index contributed by atoms with van der Waals surface area (Å²) in [6.45, 7) is 2.26. The Kier molecular flexibility index (Phi) is 4.50. The second-order valence-corrected chi connectivity index (χ2v) is 7.64. The maximum atomic E-state index is 6.40. The average Bonchev–Trinajstić information content (AvgIpc) is 3.14. The molecule has 1 aromatic carbocycles. The molecule has 0 spiro atoms. The average molecular weight is 379 g/mol. The van der Waals surface area contributed by atoms with E-state index in [9.17, 15) is 0 Å². The molecule has 2 N–H and O–H groups in total. The molecule has 0 saturated carbocycles. The molecule has 0 radical (unpaired) electrons. The van der Waals surface area contributed by atoms with E-state index in [1.807, 2.05) is 34.9 Å². The highest BCUT2D eigenvalue weighted by atomic mass is 16.5. The fourth-order valence-corrected chi connectivity index (χ4v) is 4.21. The quantitative estimate of drug-likeness (QED) is 0.754. The lowest BCUT2D eigenvalue weighted by atomic mass is 9.86. The van der Waals surface area contributed by atoms with Crippen molar-refractivity contribution < 1.29 is 9.47 Å². The normalized spacial score (nSPS) is 25.6. The van der Waals surface area contributed by atoms with Crippen LogP contribution in [0.15, 0.2) is 42.6 Å². The number of hydrogen-bond donors (Lipinski definition) is 1. The number of likely N-dealkylation sites (N-methyl/N-ethyl adjacent to an activating group) is 1. The molecule has 7 heteroatoms. The van der Waals surface area contributed by atoms with Crippen molar-refractivity contribution in [2.45, 2.75) is 31.0 Å². The van der Waals surface area contributed by atoms with E-state index in [-0.39, 0.29) is 18.2 Å². The van der Waals surface area contributed by atoms with E-state index in [4.69, 9.17) is 15.2 Å². The van der Waals surface area contributed by atoms with Crippen molar-refractivity contribution in [1.82, 2.24) is 19.5 Å². The Balaban J connectivity index is 1.46. The zero-order valence-electron chi connectivity index (χ0n) is 16.0. The minimum atomic E-state index is 0.00840. The molecule has 5 rings (SSSR count). The number of benzene rings is 1. The molecule has 0 bridgehead atoms. The van der Waals surface area contributed by atoms with Crippen LogP contribution in [0.5, 0.6) is 5.75 Å². The molecule has 1 unspecified atom stereocenters. The molecule has 3 heterocycles. The topological polar surface area (TPSA) is 77.9 Å². The summed E-state index contributed by atoms with van der Waals surface area (Å²) in [6, 6.07) is 12.4. The lowest BCUT2D eigenvalue weighted by Crippen LogP contribution is -2.37. The van der Waals surface area contributed by atoms with Crippen molar-refractivity contribution >= 4 is 5.65 Å². The molecule has 2 aliphatic rings. The molecule has 0 amide bonds. The number of morpholine rings is 1. The van der Waals surface area contributed by atoms with Gasteiger partial charge in [-0.25, -0.2) is 0 Å². The molecule has 1 aliphatic heterocycles. The Labute approximate surface area is 164 Å².